The van der Waals surface area contributed by atoms with Gasteiger partial charge >= 0.3 is 0 Å². The number of rotatable bonds is 14. The average molecular weight is 692 g/mol. The van der Waals surface area contributed by atoms with Gasteiger partial charge in [0, 0.05) is 45.3 Å². The minimum absolute atomic E-state index is 0.0456. The van der Waals surface area contributed by atoms with E-state index < -0.39 is 12.1 Å². The molecule has 3 N–H and O–H groups in total. The molecule has 0 saturated heterocycles. The van der Waals surface area contributed by atoms with Gasteiger partial charge in [0.2, 0.25) is 17.7 Å². The maximum atomic E-state index is 13.9. The monoisotopic (exact) mass is 691 g/mol. The Kier molecular flexibility index (Phi) is 14.2. The molecule has 2 atom stereocenters. The van der Waals surface area contributed by atoms with Crippen LogP contribution in [0.3, 0.4) is 0 Å². The van der Waals surface area contributed by atoms with Crippen molar-refractivity contribution >= 4 is 28.5 Å². The number of nitrogens with zero attached hydrogens (tertiary/aromatic N) is 2. The fourth-order valence-electron chi connectivity index (χ4n) is 6.42. The summed E-state index contributed by atoms with van der Waals surface area (Å²) in [7, 11) is 0. The Morgan fingerprint density at radius 1 is 0.745 bits per heavy atom. The van der Waals surface area contributed by atoms with Crippen molar-refractivity contribution in [3.63, 3.8) is 0 Å². The normalized spacial score (nSPS) is 17.4. The molecule has 0 spiro atoms. The van der Waals surface area contributed by atoms with Gasteiger partial charge in [-0.25, -0.2) is 0 Å². The molecule has 9 heteroatoms. The Hall–Kier alpha value is -4.99. The summed E-state index contributed by atoms with van der Waals surface area (Å²) < 4.78 is 5.90. The number of hydrogen-bond acceptors (Lipinski definition) is 6. The molecule has 0 unspecified atom stereocenters. The van der Waals surface area contributed by atoms with Gasteiger partial charge in [0.1, 0.15) is 18.4 Å². The third kappa shape index (κ3) is 11.3. The van der Waals surface area contributed by atoms with E-state index in [4.69, 9.17) is 4.74 Å². The average Bonchev–Trinajstić information content (AvgIpc) is 3.18. The summed E-state index contributed by atoms with van der Waals surface area (Å²) in [5.41, 5.74) is 2.96. The lowest BCUT2D eigenvalue weighted by molar-refractivity contribution is -0.140. The quantitative estimate of drug-likeness (QED) is 0.156. The van der Waals surface area contributed by atoms with E-state index in [9.17, 15) is 24.6 Å². The van der Waals surface area contributed by atoms with Crippen molar-refractivity contribution in [3.8, 4) is 5.75 Å². The van der Waals surface area contributed by atoms with Crippen LogP contribution in [0.5, 0.6) is 5.75 Å². The first-order chi connectivity index (χ1) is 24.9. The molecule has 0 fully saturated rings. The SMILES string of the molecule is O=C1N[C@H](CCCO)CN(C(=O)Cc2ccc3ccccc3c2)C/C=C/CN(C(=O)CCc2ccc(OCc3ccccc3)cc2)[C@@H]1CCCO. The molecule has 0 aliphatic carbocycles. The van der Waals surface area contributed by atoms with Gasteiger partial charge in [-0.2, -0.15) is 0 Å². The van der Waals surface area contributed by atoms with Crippen LogP contribution in [0.4, 0.5) is 0 Å². The Balaban J connectivity index is 1.27. The predicted octanol–water partition coefficient (Wildman–Crippen LogP) is 5.22. The van der Waals surface area contributed by atoms with Gasteiger partial charge in [0.05, 0.1) is 6.42 Å². The van der Waals surface area contributed by atoms with E-state index >= 15 is 0 Å². The number of amides is 3. The number of aryl methyl sites for hydroxylation is 1. The molecule has 1 aliphatic rings. The summed E-state index contributed by atoms with van der Waals surface area (Å²) in [6.07, 6.45) is 6.21. The molecule has 268 valence electrons. The van der Waals surface area contributed by atoms with E-state index in [1.54, 1.807) is 9.80 Å². The maximum Gasteiger partial charge on any atom is 0.243 e. The van der Waals surface area contributed by atoms with E-state index in [2.05, 4.69) is 5.32 Å². The molecule has 5 rings (SSSR count). The minimum atomic E-state index is -0.792. The standard InChI is InChI=1S/C42H49N3O6/c46-26-8-14-37-30-44(41(49)29-34-16-20-35-12-4-5-13-36(35)28-34)24-6-7-25-45(39(15-9-27-47)42(50)43-37)40(48)23-19-32-17-21-38(22-18-32)51-31-33-10-2-1-3-11-33/h1-7,10-13,16-18,20-22,28,37,39,46-47H,8-9,14-15,19,23-27,29-31H2,(H,43,50)/b7-6+/t37-,39-/m1/s1. The second-order valence-electron chi connectivity index (χ2n) is 13.0. The largest absolute Gasteiger partial charge is 0.489 e. The van der Waals surface area contributed by atoms with Crippen LogP contribution in [0, 0.1) is 0 Å². The molecule has 0 bridgehead atoms. The van der Waals surface area contributed by atoms with Crippen molar-refractivity contribution in [3.05, 3.63) is 126 Å². The Bertz CT molecular complexity index is 1740. The topological polar surface area (TPSA) is 119 Å². The summed E-state index contributed by atoms with van der Waals surface area (Å²) in [5, 5.41) is 24.6. The van der Waals surface area contributed by atoms with Crippen molar-refractivity contribution < 1.29 is 29.3 Å². The highest BCUT2D eigenvalue weighted by atomic mass is 16.5. The van der Waals surface area contributed by atoms with E-state index in [1.807, 2.05) is 109 Å². The molecule has 0 saturated carbocycles. The van der Waals surface area contributed by atoms with E-state index in [0.717, 1.165) is 33.2 Å². The van der Waals surface area contributed by atoms with Gasteiger partial charge in [-0.1, -0.05) is 97.1 Å². The van der Waals surface area contributed by atoms with E-state index in [0.29, 0.717) is 45.3 Å². The van der Waals surface area contributed by atoms with Crippen LogP contribution in [0.2, 0.25) is 0 Å². The predicted molar refractivity (Wildman–Crippen MR) is 199 cm³/mol. The number of carbonyl (C=O) groups is 3. The van der Waals surface area contributed by atoms with Gasteiger partial charge in [0.15, 0.2) is 0 Å². The van der Waals surface area contributed by atoms with Crippen molar-refractivity contribution in [1.82, 2.24) is 15.1 Å². The molecule has 51 heavy (non-hydrogen) atoms. The van der Waals surface area contributed by atoms with E-state index in [-0.39, 0.29) is 56.9 Å². The number of hydrogen-bond donors (Lipinski definition) is 3. The van der Waals surface area contributed by atoms with Crippen molar-refractivity contribution in [2.24, 2.45) is 0 Å². The van der Waals surface area contributed by atoms with Crippen molar-refractivity contribution in [2.45, 2.75) is 63.6 Å². The minimum Gasteiger partial charge on any atom is -0.489 e. The fraction of sp³-hybridized carbons (Fsp3) is 0.357. The lowest BCUT2D eigenvalue weighted by Gasteiger charge is -2.32. The molecule has 4 aromatic rings. The number of fused-ring (bicyclic) bond motifs is 1. The van der Waals surface area contributed by atoms with Gasteiger partial charge in [-0.3, -0.25) is 14.4 Å². The molecule has 1 aliphatic heterocycles. The molecule has 1 heterocycles. The number of ether oxygens (including phenoxy) is 1. The van der Waals surface area contributed by atoms with Crippen LogP contribution in [0.25, 0.3) is 10.8 Å². The smallest absolute Gasteiger partial charge is 0.243 e. The zero-order valence-electron chi connectivity index (χ0n) is 29.2. The number of benzene rings is 4. The van der Waals surface area contributed by atoms with Crippen LogP contribution in [0.15, 0.2) is 109 Å². The Morgan fingerprint density at radius 2 is 1.43 bits per heavy atom. The first kappa shape index (κ1) is 37.3. The molecular formula is C42H49N3O6. The first-order valence-electron chi connectivity index (χ1n) is 17.9. The summed E-state index contributed by atoms with van der Waals surface area (Å²) in [6.45, 7) is 1.10. The second-order valence-corrected chi connectivity index (χ2v) is 13.0. The summed E-state index contributed by atoms with van der Waals surface area (Å²) >= 11 is 0. The van der Waals surface area contributed by atoms with Crippen LogP contribution < -0.4 is 10.1 Å². The highest BCUT2D eigenvalue weighted by molar-refractivity contribution is 5.88. The third-order valence-electron chi connectivity index (χ3n) is 9.25. The number of aliphatic hydroxyl groups is 2. The number of carbonyl (C=O) groups excluding carboxylic acids is 3. The summed E-state index contributed by atoms with van der Waals surface area (Å²) in [6, 6.07) is 30.5. The molecule has 0 aromatic heterocycles. The Morgan fingerprint density at radius 3 is 2.20 bits per heavy atom. The van der Waals surface area contributed by atoms with Crippen LogP contribution in [-0.2, 0) is 33.8 Å². The highest BCUT2D eigenvalue weighted by Crippen LogP contribution is 2.19. The van der Waals surface area contributed by atoms with Gasteiger partial charge in [-0.05, 0) is 71.7 Å². The molecule has 3 amide bonds. The van der Waals surface area contributed by atoms with Crippen LogP contribution in [0.1, 0.15) is 48.8 Å². The molecular weight excluding hydrogens is 642 g/mol. The van der Waals surface area contributed by atoms with Crippen molar-refractivity contribution in [1.29, 1.82) is 0 Å². The molecule has 4 aromatic carbocycles. The lowest BCUT2D eigenvalue weighted by atomic mass is 10.0. The summed E-state index contributed by atoms with van der Waals surface area (Å²) in [5.74, 6) is 0.181. The summed E-state index contributed by atoms with van der Waals surface area (Å²) in [4.78, 5) is 44.8. The zero-order valence-corrected chi connectivity index (χ0v) is 29.2. The molecule has 0 radical (unpaired) electrons. The van der Waals surface area contributed by atoms with Gasteiger partial charge in [0.25, 0.3) is 0 Å². The van der Waals surface area contributed by atoms with Gasteiger partial charge < -0.3 is 30.1 Å². The van der Waals surface area contributed by atoms with Gasteiger partial charge in [-0.15, -0.1) is 0 Å². The zero-order chi connectivity index (χ0) is 35.8. The fourth-order valence-corrected chi connectivity index (χ4v) is 6.42. The first-order valence-corrected chi connectivity index (χ1v) is 17.9. The van der Waals surface area contributed by atoms with Crippen LogP contribution >= 0.6 is 0 Å². The lowest BCUT2D eigenvalue weighted by Crippen LogP contribution is -2.54. The molecule has 9 nitrogen and oxygen atoms in total. The van der Waals surface area contributed by atoms with Crippen LogP contribution in [-0.4, -0.2) is 82.7 Å². The van der Waals surface area contributed by atoms with Crippen molar-refractivity contribution in [2.75, 3.05) is 32.8 Å². The third-order valence-corrected chi connectivity index (χ3v) is 9.25. The second kappa shape index (κ2) is 19.4. The number of nitrogens with one attached hydrogen (secondary N) is 1. The Labute approximate surface area is 300 Å². The van der Waals surface area contributed by atoms with E-state index in [1.165, 1.54) is 0 Å². The highest BCUT2D eigenvalue weighted by Gasteiger charge is 2.31. The number of aliphatic hydroxyl groups excluding tert-OH is 2. The maximum absolute atomic E-state index is 13.9.